The highest BCUT2D eigenvalue weighted by Crippen LogP contribution is 2.51. The summed E-state index contributed by atoms with van der Waals surface area (Å²) >= 11 is 0. The van der Waals surface area contributed by atoms with Gasteiger partial charge < -0.3 is 10.1 Å². The van der Waals surface area contributed by atoms with Gasteiger partial charge in [0.05, 0.1) is 5.60 Å². The van der Waals surface area contributed by atoms with Gasteiger partial charge in [-0.1, -0.05) is 19.9 Å². The maximum absolute atomic E-state index is 12.1. The van der Waals surface area contributed by atoms with Crippen LogP contribution in [0.3, 0.4) is 0 Å². The summed E-state index contributed by atoms with van der Waals surface area (Å²) in [6.45, 7) is 6.41. The Morgan fingerprint density at radius 1 is 1.43 bits per heavy atom. The zero-order valence-electron chi connectivity index (χ0n) is 13.5. The Morgan fingerprint density at radius 3 is 2.76 bits per heavy atom. The van der Waals surface area contributed by atoms with Crippen LogP contribution in [0.15, 0.2) is 24.4 Å². The molecule has 1 fully saturated rings. The van der Waals surface area contributed by atoms with E-state index < -0.39 is 0 Å². The van der Waals surface area contributed by atoms with Crippen molar-refractivity contribution in [1.29, 1.82) is 0 Å². The minimum atomic E-state index is -0.140. The molecule has 0 aliphatic heterocycles. The van der Waals surface area contributed by atoms with E-state index in [1.54, 1.807) is 13.3 Å². The van der Waals surface area contributed by atoms with Gasteiger partial charge in [-0.05, 0) is 38.3 Å². The fraction of sp³-hybridized carbons (Fsp3) is 0.647. The third kappa shape index (κ3) is 3.26. The number of amides is 1. The number of aromatic nitrogens is 1. The molecule has 0 aromatic carbocycles. The maximum atomic E-state index is 12.1. The lowest BCUT2D eigenvalue weighted by molar-refractivity contribution is -0.182. The average Bonchev–Trinajstić information content (AvgIpc) is 2.47. The minimum Gasteiger partial charge on any atom is -0.378 e. The van der Waals surface area contributed by atoms with Crippen LogP contribution in [0.4, 0.5) is 0 Å². The summed E-state index contributed by atoms with van der Waals surface area (Å²) in [6, 6.07) is 6.08. The number of rotatable bonds is 6. The highest BCUT2D eigenvalue weighted by Gasteiger charge is 2.58. The van der Waals surface area contributed by atoms with E-state index in [-0.39, 0.29) is 23.0 Å². The Labute approximate surface area is 127 Å². The fourth-order valence-corrected chi connectivity index (χ4v) is 2.97. The molecule has 1 aromatic heterocycles. The molecule has 2 rings (SSSR count). The highest BCUT2D eigenvalue weighted by atomic mass is 16.5. The predicted octanol–water partition coefficient (Wildman–Crippen LogP) is 2.72. The predicted molar refractivity (Wildman–Crippen MR) is 82.9 cm³/mol. The number of methoxy groups -OCH3 is 1. The Bertz CT molecular complexity index is 487. The van der Waals surface area contributed by atoms with Crippen molar-refractivity contribution in [2.24, 2.45) is 5.41 Å². The number of hydrogen-bond donors (Lipinski definition) is 1. The molecule has 1 saturated carbocycles. The number of pyridine rings is 1. The summed E-state index contributed by atoms with van der Waals surface area (Å²) in [6.07, 6.45) is 4.89. The summed E-state index contributed by atoms with van der Waals surface area (Å²) in [5.74, 6) is 0.127. The van der Waals surface area contributed by atoms with Crippen LogP contribution in [0.1, 0.15) is 45.7 Å². The van der Waals surface area contributed by atoms with Gasteiger partial charge in [0.15, 0.2) is 0 Å². The van der Waals surface area contributed by atoms with Crippen LogP contribution in [0.25, 0.3) is 0 Å². The average molecular weight is 290 g/mol. The van der Waals surface area contributed by atoms with Gasteiger partial charge in [0.1, 0.15) is 0 Å². The van der Waals surface area contributed by atoms with Gasteiger partial charge in [-0.25, -0.2) is 0 Å². The van der Waals surface area contributed by atoms with E-state index in [9.17, 15) is 4.79 Å². The first-order chi connectivity index (χ1) is 9.89. The number of carbonyl (C=O) groups excluding carboxylic acids is 1. The van der Waals surface area contributed by atoms with Crippen LogP contribution >= 0.6 is 0 Å². The van der Waals surface area contributed by atoms with Crippen molar-refractivity contribution in [2.45, 2.75) is 58.1 Å². The van der Waals surface area contributed by atoms with Gasteiger partial charge in [-0.3, -0.25) is 9.78 Å². The van der Waals surface area contributed by atoms with E-state index in [0.717, 1.165) is 25.0 Å². The first-order valence-electron chi connectivity index (χ1n) is 7.63. The van der Waals surface area contributed by atoms with E-state index in [2.05, 4.69) is 31.1 Å². The topological polar surface area (TPSA) is 51.2 Å². The molecule has 21 heavy (non-hydrogen) atoms. The zero-order chi connectivity index (χ0) is 15.5. The molecule has 4 heteroatoms. The number of nitrogens with zero attached hydrogens (tertiary/aromatic N) is 1. The van der Waals surface area contributed by atoms with Crippen molar-refractivity contribution in [3.63, 3.8) is 0 Å². The molecule has 1 amide bonds. The Balaban J connectivity index is 1.74. The van der Waals surface area contributed by atoms with E-state index in [1.165, 1.54) is 0 Å². The second kappa shape index (κ2) is 6.14. The van der Waals surface area contributed by atoms with Crippen molar-refractivity contribution >= 4 is 5.91 Å². The highest BCUT2D eigenvalue weighted by molar-refractivity contribution is 5.76. The smallest absolute Gasteiger partial charge is 0.220 e. The summed E-state index contributed by atoms with van der Waals surface area (Å²) in [5, 5.41) is 3.14. The van der Waals surface area contributed by atoms with Gasteiger partial charge in [0.2, 0.25) is 5.91 Å². The molecular formula is C17H26N2O2. The lowest BCUT2D eigenvalue weighted by atomic mass is 9.56. The van der Waals surface area contributed by atoms with Gasteiger partial charge in [0.25, 0.3) is 0 Å². The maximum Gasteiger partial charge on any atom is 0.220 e. The molecule has 4 nitrogen and oxygen atoms in total. The molecule has 2 atom stereocenters. The second-order valence-electron chi connectivity index (χ2n) is 6.66. The molecule has 116 valence electrons. The van der Waals surface area contributed by atoms with Crippen molar-refractivity contribution in [1.82, 2.24) is 10.3 Å². The molecule has 0 radical (unpaired) electrons. The number of aryl methyl sites for hydroxylation is 1. The van der Waals surface area contributed by atoms with Gasteiger partial charge in [0, 0.05) is 36.9 Å². The van der Waals surface area contributed by atoms with Crippen molar-refractivity contribution in [3.05, 3.63) is 30.1 Å². The third-order valence-electron chi connectivity index (χ3n) is 5.18. The SMILES string of the molecule is CO[C@@]1(C)C[C@H](NC(=O)CCCc2ccccn2)C1(C)C. The van der Waals surface area contributed by atoms with Gasteiger partial charge >= 0.3 is 0 Å². The summed E-state index contributed by atoms with van der Waals surface area (Å²) in [4.78, 5) is 16.3. The van der Waals surface area contributed by atoms with Crippen LogP contribution in [-0.4, -0.2) is 29.6 Å². The second-order valence-corrected chi connectivity index (χ2v) is 6.66. The Hall–Kier alpha value is -1.42. The molecule has 1 heterocycles. The van der Waals surface area contributed by atoms with Crippen molar-refractivity contribution in [3.8, 4) is 0 Å². The lowest BCUT2D eigenvalue weighted by Crippen LogP contribution is -2.68. The first-order valence-corrected chi connectivity index (χ1v) is 7.63. The molecule has 0 unspecified atom stereocenters. The zero-order valence-corrected chi connectivity index (χ0v) is 13.5. The van der Waals surface area contributed by atoms with Crippen LogP contribution in [-0.2, 0) is 16.0 Å². The molecular weight excluding hydrogens is 264 g/mol. The number of hydrogen-bond acceptors (Lipinski definition) is 3. The third-order valence-corrected chi connectivity index (χ3v) is 5.18. The molecule has 1 aliphatic carbocycles. The quantitative estimate of drug-likeness (QED) is 0.876. The minimum absolute atomic E-state index is 0.0294. The standard InChI is InChI=1S/C17H26N2O2/c1-16(2)14(12-17(16,3)21-4)19-15(20)10-7-9-13-8-5-6-11-18-13/h5-6,8,11,14H,7,9-10,12H2,1-4H3,(H,19,20)/t14-,17-/m0/s1. The van der Waals surface area contributed by atoms with Crippen LogP contribution in [0, 0.1) is 5.41 Å². The summed E-state index contributed by atoms with van der Waals surface area (Å²) < 4.78 is 5.58. The van der Waals surface area contributed by atoms with E-state index in [1.807, 2.05) is 18.2 Å². The van der Waals surface area contributed by atoms with Crippen molar-refractivity contribution in [2.75, 3.05) is 7.11 Å². The monoisotopic (exact) mass is 290 g/mol. The molecule has 1 aliphatic rings. The van der Waals surface area contributed by atoms with E-state index in [0.29, 0.717) is 6.42 Å². The normalized spacial score (nSPS) is 27.0. The molecule has 1 aromatic rings. The largest absolute Gasteiger partial charge is 0.378 e. The van der Waals surface area contributed by atoms with E-state index in [4.69, 9.17) is 4.74 Å². The van der Waals surface area contributed by atoms with Crippen LogP contribution < -0.4 is 5.32 Å². The fourth-order valence-electron chi connectivity index (χ4n) is 2.97. The Kier molecular flexibility index (Phi) is 4.67. The van der Waals surface area contributed by atoms with Gasteiger partial charge in [-0.15, -0.1) is 0 Å². The Morgan fingerprint density at radius 2 is 2.19 bits per heavy atom. The number of ether oxygens (including phenoxy) is 1. The van der Waals surface area contributed by atoms with E-state index >= 15 is 0 Å². The summed E-state index contributed by atoms with van der Waals surface area (Å²) in [7, 11) is 1.74. The van der Waals surface area contributed by atoms with Gasteiger partial charge in [-0.2, -0.15) is 0 Å². The summed E-state index contributed by atoms with van der Waals surface area (Å²) in [5.41, 5.74) is 0.873. The first kappa shape index (κ1) is 16.0. The lowest BCUT2D eigenvalue weighted by Gasteiger charge is -2.59. The van der Waals surface area contributed by atoms with Crippen molar-refractivity contribution < 1.29 is 9.53 Å². The van der Waals surface area contributed by atoms with Crippen LogP contribution in [0.2, 0.25) is 0 Å². The molecule has 1 N–H and O–H groups in total. The molecule has 0 bridgehead atoms. The molecule has 0 saturated heterocycles. The molecule has 0 spiro atoms. The van der Waals surface area contributed by atoms with Crippen LogP contribution in [0.5, 0.6) is 0 Å². The number of carbonyl (C=O) groups is 1. The number of nitrogens with one attached hydrogen (secondary N) is 1.